The first kappa shape index (κ1) is 18.5. The Balaban J connectivity index is 1.99. The van der Waals surface area contributed by atoms with Crippen LogP contribution in [0, 0.1) is 11.6 Å². The number of para-hydroxylation sites is 1. The highest BCUT2D eigenvalue weighted by Gasteiger charge is 2.27. The van der Waals surface area contributed by atoms with Gasteiger partial charge in [0, 0.05) is 10.4 Å². The first-order chi connectivity index (χ1) is 13.3. The van der Waals surface area contributed by atoms with Crippen molar-refractivity contribution in [2.75, 3.05) is 0 Å². The molecule has 0 fully saturated rings. The zero-order valence-corrected chi connectivity index (χ0v) is 16.5. The highest BCUT2D eigenvalue weighted by molar-refractivity contribution is 7.19. The molecule has 0 radical (unpaired) electrons. The maximum atomic E-state index is 14.1. The lowest BCUT2D eigenvalue weighted by Gasteiger charge is -2.19. The van der Waals surface area contributed by atoms with E-state index in [4.69, 9.17) is 4.74 Å². The van der Waals surface area contributed by atoms with E-state index >= 15 is 0 Å². The zero-order chi connectivity index (χ0) is 19.9. The summed E-state index contributed by atoms with van der Waals surface area (Å²) in [5.74, 6) is -0.402. The first-order valence-corrected chi connectivity index (χ1v) is 9.62. The van der Waals surface area contributed by atoms with Crippen LogP contribution in [0.25, 0.3) is 21.3 Å². The average Bonchev–Trinajstić information content (AvgIpc) is 3.05. The third-order valence-electron chi connectivity index (χ3n) is 4.31. The lowest BCUT2D eigenvalue weighted by molar-refractivity contribution is 0.432. The number of aromatic nitrogens is 2. The third kappa shape index (κ3) is 3.36. The second kappa shape index (κ2) is 6.95. The maximum Gasteiger partial charge on any atom is 0.231 e. The fraction of sp³-hybridized carbons (Fsp3) is 0.182. The number of hydrogen-bond donors (Lipinski definition) is 0. The van der Waals surface area contributed by atoms with Crippen LogP contribution in [0.4, 0.5) is 8.78 Å². The van der Waals surface area contributed by atoms with Crippen LogP contribution in [-0.4, -0.2) is 9.97 Å². The van der Waals surface area contributed by atoms with Crippen LogP contribution in [0.5, 0.6) is 11.6 Å². The Hall–Kier alpha value is -2.86. The number of ether oxygens (including phenoxy) is 1. The molecule has 0 aliphatic heterocycles. The summed E-state index contributed by atoms with van der Waals surface area (Å²) in [6, 6.07) is 12.5. The number of nitrogens with zero attached hydrogens (tertiary/aromatic N) is 2. The Morgan fingerprint density at radius 1 is 0.929 bits per heavy atom. The molecule has 2 heterocycles. The van der Waals surface area contributed by atoms with Gasteiger partial charge in [0.05, 0.1) is 5.39 Å². The highest BCUT2D eigenvalue weighted by atomic mass is 32.1. The molecule has 0 amide bonds. The van der Waals surface area contributed by atoms with Crippen molar-refractivity contribution < 1.29 is 13.5 Å². The van der Waals surface area contributed by atoms with E-state index in [2.05, 4.69) is 30.7 Å². The van der Waals surface area contributed by atoms with Crippen LogP contribution < -0.4 is 4.74 Å². The third-order valence-corrected chi connectivity index (χ3v) is 5.83. The molecule has 3 nitrogen and oxygen atoms in total. The van der Waals surface area contributed by atoms with Crippen LogP contribution in [0.1, 0.15) is 25.6 Å². The first-order valence-electron chi connectivity index (χ1n) is 8.81. The molecule has 6 heteroatoms. The number of rotatable bonds is 3. The van der Waals surface area contributed by atoms with Crippen LogP contribution >= 0.6 is 11.3 Å². The van der Waals surface area contributed by atoms with Gasteiger partial charge in [-0.25, -0.2) is 18.7 Å². The van der Waals surface area contributed by atoms with Crippen LogP contribution in [-0.2, 0) is 5.41 Å². The summed E-state index contributed by atoms with van der Waals surface area (Å²) in [7, 11) is 0. The summed E-state index contributed by atoms with van der Waals surface area (Å²) in [6.45, 7) is 6.32. The van der Waals surface area contributed by atoms with Crippen LogP contribution in [0.2, 0.25) is 0 Å². The minimum absolute atomic E-state index is 0.0936. The van der Waals surface area contributed by atoms with Gasteiger partial charge in [-0.2, -0.15) is 0 Å². The fourth-order valence-corrected chi connectivity index (χ4v) is 4.25. The molecule has 0 saturated carbocycles. The van der Waals surface area contributed by atoms with Crippen LogP contribution in [0.15, 0.2) is 54.9 Å². The molecule has 4 aromatic rings. The molecule has 142 valence electrons. The van der Waals surface area contributed by atoms with E-state index in [0.717, 1.165) is 20.8 Å². The topological polar surface area (TPSA) is 35.0 Å². The van der Waals surface area contributed by atoms with Crippen molar-refractivity contribution in [3.8, 4) is 22.8 Å². The molecule has 4 rings (SSSR count). The Morgan fingerprint density at radius 3 is 2.32 bits per heavy atom. The van der Waals surface area contributed by atoms with Crippen molar-refractivity contribution in [3.63, 3.8) is 0 Å². The number of halogens is 2. The van der Waals surface area contributed by atoms with E-state index < -0.39 is 5.82 Å². The molecule has 2 aromatic carbocycles. The fourth-order valence-electron chi connectivity index (χ4n) is 3.04. The molecule has 0 saturated heterocycles. The average molecular weight is 396 g/mol. The molecule has 0 atom stereocenters. The van der Waals surface area contributed by atoms with E-state index in [1.807, 2.05) is 0 Å². The summed E-state index contributed by atoms with van der Waals surface area (Å²) >= 11 is 1.54. The van der Waals surface area contributed by atoms with Crippen molar-refractivity contribution in [1.82, 2.24) is 9.97 Å². The van der Waals surface area contributed by atoms with Gasteiger partial charge in [-0.3, -0.25) is 0 Å². The number of hydrogen-bond acceptors (Lipinski definition) is 4. The highest BCUT2D eigenvalue weighted by Crippen LogP contribution is 2.47. The maximum absolute atomic E-state index is 14.1. The van der Waals surface area contributed by atoms with Gasteiger partial charge in [-0.15, -0.1) is 11.3 Å². The molecule has 28 heavy (non-hydrogen) atoms. The molecule has 0 spiro atoms. The van der Waals surface area contributed by atoms with Crippen LogP contribution in [0.3, 0.4) is 0 Å². The second-order valence-electron chi connectivity index (χ2n) is 7.45. The molecule has 0 N–H and O–H groups in total. The largest absolute Gasteiger partial charge is 0.435 e. The monoisotopic (exact) mass is 396 g/mol. The second-order valence-corrected chi connectivity index (χ2v) is 8.45. The van der Waals surface area contributed by atoms with E-state index in [1.54, 1.807) is 41.7 Å². The van der Waals surface area contributed by atoms with E-state index in [9.17, 15) is 8.78 Å². The molecular weight excluding hydrogens is 378 g/mol. The molecule has 0 aliphatic rings. The predicted molar refractivity (Wildman–Crippen MR) is 108 cm³/mol. The smallest absolute Gasteiger partial charge is 0.231 e. The van der Waals surface area contributed by atoms with Gasteiger partial charge in [0.25, 0.3) is 0 Å². The Morgan fingerprint density at radius 2 is 1.64 bits per heavy atom. The SMILES string of the molecule is CC(C)(C)c1sc2ncnc(Oc3ccccc3F)c2c1-c1ccc(F)cc1. The van der Waals surface area contributed by atoms with Gasteiger partial charge < -0.3 is 4.74 Å². The van der Waals surface area contributed by atoms with E-state index in [-0.39, 0.29) is 22.9 Å². The quantitative estimate of drug-likeness (QED) is 0.385. The molecule has 0 unspecified atom stereocenters. The predicted octanol–water partition coefficient (Wildman–Crippen LogP) is 6.73. The van der Waals surface area contributed by atoms with Gasteiger partial charge in [-0.05, 0) is 35.2 Å². The Labute approximate surface area is 165 Å². The molecule has 0 aliphatic carbocycles. The summed E-state index contributed by atoms with van der Waals surface area (Å²) < 4.78 is 33.5. The van der Waals surface area contributed by atoms with Crippen molar-refractivity contribution in [1.29, 1.82) is 0 Å². The lowest BCUT2D eigenvalue weighted by Crippen LogP contribution is -2.10. The van der Waals surface area contributed by atoms with Crippen molar-refractivity contribution in [2.45, 2.75) is 26.2 Å². The van der Waals surface area contributed by atoms with Gasteiger partial charge in [0.15, 0.2) is 11.6 Å². The number of thiophene rings is 1. The van der Waals surface area contributed by atoms with Crippen molar-refractivity contribution in [3.05, 3.63) is 71.4 Å². The number of fused-ring (bicyclic) bond motifs is 1. The van der Waals surface area contributed by atoms with Crippen molar-refractivity contribution >= 4 is 21.6 Å². The van der Waals surface area contributed by atoms with E-state index in [1.165, 1.54) is 24.5 Å². The summed E-state index contributed by atoms with van der Waals surface area (Å²) in [5.41, 5.74) is 1.55. The molecule has 2 aromatic heterocycles. The Bertz CT molecular complexity index is 1150. The summed E-state index contributed by atoms with van der Waals surface area (Å²) in [5, 5.41) is 0.701. The molecule has 0 bridgehead atoms. The van der Waals surface area contributed by atoms with Gasteiger partial charge >= 0.3 is 0 Å². The summed E-state index contributed by atoms with van der Waals surface area (Å²) in [6.07, 6.45) is 1.41. The lowest BCUT2D eigenvalue weighted by atomic mass is 9.88. The normalized spacial score (nSPS) is 11.8. The van der Waals surface area contributed by atoms with Crippen molar-refractivity contribution in [2.24, 2.45) is 0 Å². The summed E-state index contributed by atoms with van der Waals surface area (Å²) in [4.78, 5) is 10.5. The Kier molecular flexibility index (Phi) is 4.59. The van der Waals surface area contributed by atoms with Gasteiger partial charge in [0.2, 0.25) is 5.88 Å². The standard InChI is InChI=1S/C22H18F2N2OS/c1-22(2,3)19-17(13-8-10-14(23)11-9-13)18-20(25-12-26-21(18)28-19)27-16-7-5-4-6-15(16)24/h4-12H,1-3H3. The molecular formula is C22H18F2N2OS. The zero-order valence-electron chi connectivity index (χ0n) is 15.7. The van der Waals surface area contributed by atoms with Gasteiger partial charge in [-0.1, -0.05) is 45.0 Å². The number of benzene rings is 2. The van der Waals surface area contributed by atoms with E-state index in [0.29, 0.717) is 5.39 Å². The minimum Gasteiger partial charge on any atom is -0.435 e. The van der Waals surface area contributed by atoms with Gasteiger partial charge in [0.1, 0.15) is 17.0 Å². The minimum atomic E-state index is -0.469.